The van der Waals surface area contributed by atoms with Crippen LogP contribution in [0.15, 0.2) is 5.57 Å². The molecule has 4 heteroatoms. The summed E-state index contributed by atoms with van der Waals surface area (Å²) in [7, 11) is 0. The van der Waals surface area contributed by atoms with E-state index in [0.29, 0.717) is 12.3 Å². The second kappa shape index (κ2) is 3.50. The molecule has 1 amide bonds. The molecule has 19 heavy (non-hydrogen) atoms. The Kier molecular flexibility index (Phi) is 2.07. The summed E-state index contributed by atoms with van der Waals surface area (Å²) < 4.78 is 0. The third kappa shape index (κ3) is 1.34. The monoisotopic (exact) mass is 257 g/mol. The van der Waals surface area contributed by atoms with Crippen molar-refractivity contribution in [3.05, 3.63) is 22.8 Å². The van der Waals surface area contributed by atoms with E-state index in [0.717, 1.165) is 31.0 Å². The normalized spacial score (nSPS) is 31.5. The van der Waals surface area contributed by atoms with Crippen molar-refractivity contribution in [2.45, 2.75) is 39.0 Å². The maximum Gasteiger partial charge on any atom is 0.226 e. The summed E-state index contributed by atoms with van der Waals surface area (Å²) in [6.07, 6.45) is 4.90. The molecule has 2 unspecified atom stereocenters. The number of carbonyl (C=O) groups excluding carboxylic acids is 1. The zero-order chi connectivity index (χ0) is 13.2. The van der Waals surface area contributed by atoms with Crippen molar-refractivity contribution >= 4 is 12.0 Å². The zero-order valence-electron chi connectivity index (χ0n) is 11.5. The van der Waals surface area contributed by atoms with E-state index in [1.54, 1.807) is 0 Å². The van der Waals surface area contributed by atoms with Gasteiger partial charge in [-0.3, -0.25) is 4.79 Å². The molecule has 0 radical (unpaired) electrons. The molecule has 1 saturated heterocycles. The molecule has 1 spiro atoms. The number of aromatic amines is 1. The van der Waals surface area contributed by atoms with Gasteiger partial charge < -0.3 is 9.88 Å². The highest BCUT2D eigenvalue weighted by Gasteiger charge is 2.62. The van der Waals surface area contributed by atoms with Crippen LogP contribution in [0.4, 0.5) is 0 Å². The van der Waals surface area contributed by atoms with E-state index in [2.05, 4.69) is 29.9 Å². The van der Waals surface area contributed by atoms with Gasteiger partial charge in [-0.15, -0.1) is 0 Å². The molecule has 2 heterocycles. The minimum atomic E-state index is 0.245. The number of piperidine rings is 1. The quantitative estimate of drug-likeness (QED) is 0.882. The Morgan fingerprint density at radius 1 is 1.53 bits per heavy atom. The Bertz CT molecular complexity index is 601. The fourth-order valence-electron chi connectivity index (χ4n) is 3.84. The van der Waals surface area contributed by atoms with Gasteiger partial charge in [0.15, 0.2) is 0 Å². The van der Waals surface area contributed by atoms with Crippen molar-refractivity contribution < 1.29 is 4.79 Å². The Hall–Kier alpha value is -1.58. The van der Waals surface area contributed by atoms with Crippen LogP contribution in [0.25, 0.3) is 6.08 Å². The Morgan fingerprint density at radius 2 is 2.37 bits per heavy atom. The average Bonchev–Trinajstić information content (AvgIpc) is 2.99. The lowest BCUT2D eigenvalue weighted by atomic mass is 9.81. The number of hydrogen-bond donors (Lipinski definition) is 1. The Balaban J connectivity index is 1.77. The predicted molar refractivity (Wildman–Crippen MR) is 72.6 cm³/mol. The number of nitrogens with one attached hydrogen (secondary N) is 1. The molecule has 2 fully saturated rings. The number of aromatic nitrogens is 2. The lowest BCUT2D eigenvalue weighted by Crippen LogP contribution is -2.43. The number of aryl methyl sites for hydroxylation is 1. The van der Waals surface area contributed by atoms with Gasteiger partial charge in [0.2, 0.25) is 5.91 Å². The lowest BCUT2D eigenvalue weighted by Gasteiger charge is -2.36. The van der Waals surface area contributed by atoms with Crippen LogP contribution in [0.5, 0.6) is 0 Å². The number of likely N-dealkylation sites (tertiary alicyclic amines) is 1. The van der Waals surface area contributed by atoms with Crippen LogP contribution < -0.4 is 0 Å². The van der Waals surface area contributed by atoms with Gasteiger partial charge in [0, 0.05) is 43.0 Å². The lowest BCUT2D eigenvalue weighted by molar-refractivity contribution is -0.132. The van der Waals surface area contributed by atoms with Gasteiger partial charge >= 0.3 is 0 Å². The summed E-state index contributed by atoms with van der Waals surface area (Å²) in [4.78, 5) is 22.2. The van der Waals surface area contributed by atoms with Crippen molar-refractivity contribution in [2.24, 2.45) is 5.41 Å². The largest absolute Gasteiger partial charge is 0.345 e. The van der Waals surface area contributed by atoms with Crippen LogP contribution in [-0.2, 0) is 11.2 Å². The van der Waals surface area contributed by atoms with Gasteiger partial charge in [-0.2, -0.15) is 0 Å². The van der Waals surface area contributed by atoms with Gasteiger partial charge in [0.05, 0.1) is 5.69 Å². The fraction of sp³-hybridized carbons (Fsp3) is 0.600. The third-order valence-electron chi connectivity index (χ3n) is 5.07. The van der Waals surface area contributed by atoms with Crippen LogP contribution in [0.3, 0.4) is 0 Å². The van der Waals surface area contributed by atoms with Crippen LogP contribution in [-0.4, -0.2) is 33.9 Å². The molecule has 100 valence electrons. The second-order valence-corrected chi connectivity index (χ2v) is 6.00. The van der Waals surface area contributed by atoms with Crippen molar-refractivity contribution in [1.82, 2.24) is 14.9 Å². The second-order valence-electron chi connectivity index (χ2n) is 6.00. The van der Waals surface area contributed by atoms with Crippen LogP contribution in [0.1, 0.15) is 49.8 Å². The number of imidazole rings is 1. The Morgan fingerprint density at radius 3 is 3.11 bits per heavy atom. The standard InChI is InChI=1S/C15H19N3O/c1-3-12-16-11-5-9-6-13(19)18(4-2)8-15(9)7-10(15)14(11)17-12/h5,10H,3-4,6-8H2,1-2H3,(H,16,17). The highest BCUT2D eigenvalue weighted by molar-refractivity contribution is 5.84. The van der Waals surface area contributed by atoms with Crippen LogP contribution >= 0.6 is 0 Å². The topological polar surface area (TPSA) is 49.0 Å². The van der Waals surface area contributed by atoms with Crippen molar-refractivity contribution in [1.29, 1.82) is 0 Å². The van der Waals surface area contributed by atoms with Gasteiger partial charge in [0.25, 0.3) is 0 Å². The minimum Gasteiger partial charge on any atom is -0.345 e. The molecule has 1 aromatic rings. The van der Waals surface area contributed by atoms with Gasteiger partial charge in [0.1, 0.15) is 5.82 Å². The first kappa shape index (κ1) is 11.3. The molecule has 2 aliphatic carbocycles. The molecule has 1 aliphatic heterocycles. The smallest absolute Gasteiger partial charge is 0.226 e. The summed E-state index contributed by atoms with van der Waals surface area (Å²) in [5.74, 6) is 1.92. The number of hydrogen-bond acceptors (Lipinski definition) is 2. The predicted octanol–water partition coefficient (Wildman–Crippen LogP) is 2.10. The van der Waals surface area contributed by atoms with Gasteiger partial charge in [-0.25, -0.2) is 4.98 Å². The molecule has 2 atom stereocenters. The molecule has 1 aromatic heterocycles. The molecular weight excluding hydrogens is 238 g/mol. The number of amides is 1. The first-order valence-corrected chi connectivity index (χ1v) is 7.25. The van der Waals surface area contributed by atoms with E-state index in [9.17, 15) is 4.79 Å². The SMILES string of the molecule is CCc1nc2c([nH]1)C1CC13CN(CC)C(=O)CC3=C2. The zero-order valence-corrected chi connectivity index (χ0v) is 11.5. The maximum atomic E-state index is 12.1. The van der Waals surface area contributed by atoms with Crippen LogP contribution in [0, 0.1) is 5.41 Å². The fourth-order valence-corrected chi connectivity index (χ4v) is 3.84. The highest BCUT2D eigenvalue weighted by atomic mass is 16.2. The van der Waals surface area contributed by atoms with E-state index < -0.39 is 0 Å². The van der Waals surface area contributed by atoms with Crippen molar-refractivity contribution in [2.75, 3.05) is 13.1 Å². The Labute approximate surface area is 112 Å². The number of nitrogens with zero attached hydrogens (tertiary/aromatic N) is 2. The molecule has 0 bridgehead atoms. The summed E-state index contributed by atoms with van der Waals surface area (Å²) in [6, 6.07) is 0. The van der Waals surface area contributed by atoms with E-state index in [1.807, 2.05) is 4.90 Å². The van der Waals surface area contributed by atoms with Gasteiger partial charge in [-0.05, 0) is 19.4 Å². The minimum absolute atomic E-state index is 0.245. The summed E-state index contributed by atoms with van der Waals surface area (Å²) >= 11 is 0. The average molecular weight is 257 g/mol. The third-order valence-corrected chi connectivity index (χ3v) is 5.07. The number of rotatable bonds is 2. The van der Waals surface area contributed by atoms with E-state index in [-0.39, 0.29) is 11.3 Å². The number of H-pyrrole nitrogens is 1. The van der Waals surface area contributed by atoms with Crippen molar-refractivity contribution in [3.8, 4) is 0 Å². The van der Waals surface area contributed by atoms with E-state index >= 15 is 0 Å². The highest BCUT2D eigenvalue weighted by Crippen LogP contribution is 2.68. The van der Waals surface area contributed by atoms with E-state index in [1.165, 1.54) is 17.7 Å². The van der Waals surface area contributed by atoms with Crippen LogP contribution in [0.2, 0.25) is 0 Å². The molecule has 3 aliphatic rings. The summed E-state index contributed by atoms with van der Waals surface area (Å²) in [5.41, 5.74) is 3.97. The van der Waals surface area contributed by atoms with Gasteiger partial charge in [-0.1, -0.05) is 12.5 Å². The molecule has 0 aromatic carbocycles. The molecular formula is C15H19N3O. The molecule has 1 saturated carbocycles. The summed E-state index contributed by atoms with van der Waals surface area (Å²) in [5, 5.41) is 0. The number of carbonyl (C=O) groups is 1. The molecule has 4 nitrogen and oxygen atoms in total. The van der Waals surface area contributed by atoms with E-state index in [4.69, 9.17) is 0 Å². The number of fused-ring (bicyclic) bond motifs is 2. The molecule has 1 N–H and O–H groups in total. The maximum absolute atomic E-state index is 12.1. The first-order chi connectivity index (χ1) is 9.18. The summed E-state index contributed by atoms with van der Waals surface area (Å²) in [6.45, 7) is 5.92. The molecule has 4 rings (SSSR count). The first-order valence-electron chi connectivity index (χ1n) is 7.25. The van der Waals surface area contributed by atoms with Crippen molar-refractivity contribution in [3.63, 3.8) is 0 Å².